The Morgan fingerprint density at radius 1 is 1.09 bits per heavy atom. The van der Waals surface area contributed by atoms with Crippen molar-refractivity contribution in [3.05, 3.63) is 65.7 Å². The Balaban J connectivity index is 2.11. The van der Waals surface area contributed by atoms with Gasteiger partial charge in [0.2, 0.25) is 5.91 Å². The van der Waals surface area contributed by atoms with Crippen LogP contribution in [0, 0.1) is 6.92 Å². The van der Waals surface area contributed by atoms with E-state index in [9.17, 15) is 13.2 Å². The van der Waals surface area contributed by atoms with E-state index in [2.05, 4.69) is 5.32 Å². The second kappa shape index (κ2) is 6.58. The third kappa shape index (κ3) is 4.30. The van der Waals surface area contributed by atoms with E-state index in [1.807, 2.05) is 31.2 Å². The first-order valence-electron chi connectivity index (χ1n) is 6.71. The summed E-state index contributed by atoms with van der Waals surface area (Å²) in [5, 5.41) is 2.65. The number of sulfone groups is 1. The molecule has 0 aliphatic heterocycles. The van der Waals surface area contributed by atoms with Gasteiger partial charge in [-0.2, -0.15) is 0 Å². The number of rotatable bonds is 4. The molecule has 0 aliphatic rings. The number of hydrogen-bond donors (Lipinski definition) is 1. The lowest BCUT2D eigenvalue weighted by molar-refractivity contribution is -0.111. The van der Waals surface area contributed by atoms with Crippen molar-refractivity contribution in [2.75, 3.05) is 11.6 Å². The van der Waals surface area contributed by atoms with Crippen LogP contribution in [0.5, 0.6) is 0 Å². The highest BCUT2D eigenvalue weighted by molar-refractivity contribution is 7.90. The van der Waals surface area contributed by atoms with Crippen molar-refractivity contribution in [1.29, 1.82) is 0 Å². The molecule has 2 aromatic rings. The second-order valence-corrected chi connectivity index (χ2v) is 6.99. The first-order valence-corrected chi connectivity index (χ1v) is 8.60. The fourth-order valence-corrected chi connectivity index (χ4v) is 2.59. The van der Waals surface area contributed by atoms with Crippen LogP contribution in [0.1, 0.15) is 11.1 Å². The topological polar surface area (TPSA) is 63.2 Å². The van der Waals surface area contributed by atoms with Gasteiger partial charge >= 0.3 is 0 Å². The number of benzene rings is 2. The first kappa shape index (κ1) is 16.0. The van der Waals surface area contributed by atoms with Crippen molar-refractivity contribution in [1.82, 2.24) is 0 Å². The molecule has 0 radical (unpaired) electrons. The standard InChI is InChI=1S/C17H17NO3S/c1-13-6-3-4-7-14(13)10-11-17(19)18-15-8-5-9-16(12-15)22(2,20)21/h3-12H,1-2H3,(H,18,19)/b11-10+. The lowest BCUT2D eigenvalue weighted by Gasteiger charge is -2.04. The largest absolute Gasteiger partial charge is 0.322 e. The van der Waals surface area contributed by atoms with E-state index in [1.165, 1.54) is 18.2 Å². The zero-order chi connectivity index (χ0) is 16.2. The summed E-state index contributed by atoms with van der Waals surface area (Å²) in [5.41, 5.74) is 2.48. The Labute approximate surface area is 130 Å². The van der Waals surface area contributed by atoms with Crippen LogP contribution in [0.15, 0.2) is 59.5 Å². The van der Waals surface area contributed by atoms with E-state index in [-0.39, 0.29) is 10.8 Å². The highest BCUT2D eigenvalue weighted by atomic mass is 32.2. The Kier molecular flexibility index (Phi) is 4.78. The molecule has 0 saturated heterocycles. The minimum absolute atomic E-state index is 0.174. The highest BCUT2D eigenvalue weighted by Gasteiger charge is 2.08. The number of carbonyl (C=O) groups is 1. The van der Waals surface area contributed by atoms with Gasteiger partial charge in [0.15, 0.2) is 9.84 Å². The number of nitrogens with one attached hydrogen (secondary N) is 1. The molecule has 1 amide bonds. The van der Waals surface area contributed by atoms with Gasteiger partial charge < -0.3 is 5.32 Å². The molecular weight excluding hydrogens is 298 g/mol. The third-order valence-corrected chi connectivity index (χ3v) is 4.24. The summed E-state index contributed by atoms with van der Waals surface area (Å²) >= 11 is 0. The van der Waals surface area contributed by atoms with Crippen LogP contribution in [0.4, 0.5) is 5.69 Å². The van der Waals surface area contributed by atoms with Gasteiger partial charge in [-0.25, -0.2) is 8.42 Å². The van der Waals surface area contributed by atoms with Crippen molar-refractivity contribution in [2.24, 2.45) is 0 Å². The van der Waals surface area contributed by atoms with Crippen LogP contribution in [0.2, 0.25) is 0 Å². The van der Waals surface area contributed by atoms with Gasteiger partial charge in [0, 0.05) is 18.0 Å². The SMILES string of the molecule is Cc1ccccc1/C=C/C(=O)Nc1cccc(S(C)(=O)=O)c1. The molecule has 0 spiro atoms. The minimum atomic E-state index is -3.29. The van der Waals surface area contributed by atoms with Crippen molar-refractivity contribution >= 4 is 27.5 Å². The maximum atomic E-state index is 11.9. The molecule has 4 nitrogen and oxygen atoms in total. The first-order chi connectivity index (χ1) is 10.4. The van der Waals surface area contributed by atoms with E-state index in [1.54, 1.807) is 18.2 Å². The Hall–Kier alpha value is -2.40. The molecule has 22 heavy (non-hydrogen) atoms. The predicted molar refractivity (Wildman–Crippen MR) is 88.4 cm³/mol. The van der Waals surface area contributed by atoms with E-state index in [0.717, 1.165) is 17.4 Å². The molecule has 0 fully saturated rings. The van der Waals surface area contributed by atoms with Crippen LogP contribution in [0.25, 0.3) is 6.08 Å². The van der Waals surface area contributed by atoms with Crippen LogP contribution in [-0.4, -0.2) is 20.6 Å². The second-order valence-electron chi connectivity index (χ2n) is 4.98. The Bertz CT molecular complexity index is 823. The van der Waals surface area contributed by atoms with Crippen molar-refractivity contribution in [3.63, 3.8) is 0 Å². The zero-order valence-electron chi connectivity index (χ0n) is 12.4. The van der Waals surface area contributed by atoms with Gasteiger partial charge in [-0.15, -0.1) is 0 Å². The molecule has 0 heterocycles. The van der Waals surface area contributed by atoms with Crippen LogP contribution >= 0.6 is 0 Å². The number of amides is 1. The molecule has 1 N–H and O–H groups in total. The minimum Gasteiger partial charge on any atom is -0.322 e. The van der Waals surface area contributed by atoms with Gasteiger partial charge in [0.25, 0.3) is 0 Å². The number of carbonyl (C=O) groups excluding carboxylic acids is 1. The average Bonchev–Trinajstić information content (AvgIpc) is 2.46. The van der Waals surface area contributed by atoms with E-state index < -0.39 is 9.84 Å². The van der Waals surface area contributed by atoms with Gasteiger partial charge in [-0.3, -0.25) is 4.79 Å². The molecule has 2 rings (SSSR count). The highest BCUT2D eigenvalue weighted by Crippen LogP contribution is 2.15. The van der Waals surface area contributed by atoms with Crippen LogP contribution in [0.3, 0.4) is 0 Å². The third-order valence-electron chi connectivity index (χ3n) is 3.13. The molecule has 0 saturated carbocycles. The molecule has 0 aromatic heterocycles. The van der Waals surface area contributed by atoms with Crippen molar-refractivity contribution in [3.8, 4) is 0 Å². The quantitative estimate of drug-likeness (QED) is 0.882. The molecule has 2 aromatic carbocycles. The zero-order valence-corrected chi connectivity index (χ0v) is 13.2. The summed E-state index contributed by atoms with van der Waals surface area (Å²) in [5.74, 6) is -0.311. The summed E-state index contributed by atoms with van der Waals surface area (Å²) in [7, 11) is -3.29. The van der Waals surface area contributed by atoms with Gasteiger partial charge in [0.05, 0.1) is 4.90 Å². The monoisotopic (exact) mass is 315 g/mol. The molecule has 0 atom stereocenters. The summed E-state index contributed by atoms with van der Waals surface area (Å²) in [6.45, 7) is 1.97. The number of hydrogen-bond acceptors (Lipinski definition) is 3. The summed E-state index contributed by atoms with van der Waals surface area (Å²) in [6.07, 6.45) is 4.28. The van der Waals surface area contributed by atoms with E-state index in [0.29, 0.717) is 5.69 Å². The smallest absolute Gasteiger partial charge is 0.248 e. The number of anilines is 1. The fourth-order valence-electron chi connectivity index (χ4n) is 1.93. The van der Waals surface area contributed by atoms with Crippen LogP contribution in [-0.2, 0) is 14.6 Å². The Morgan fingerprint density at radius 3 is 2.50 bits per heavy atom. The van der Waals surface area contributed by atoms with E-state index in [4.69, 9.17) is 0 Å². The van der Waals surface area contributed by atoms with Gasteiger partial charge in [-0.05, 0) is 42.3 Å². The summed E-state index contributed by atoms with van der Waals surface area (Å²) in [4.78, 5) is 12.1. The maximum Gasteiger partial charge on any atom is 0.248 e. The average molecular weight is 315 g/mol. The molecule has 0 bridgehead atoms. The van der Waals surface area contributed by atoms with Crippen LogP contribution < -0.4 is 5.32 Å². The molecule has 114 valence electrons. The lowest BCUT2D eigenvalue weighted by atomic mass is 10.1. The van der Waals surface area contributed by atoms with Gasteiger partial charge in [-0.1, -0.05) is 30.3 Å². The Morgan fingerprint density at radius 2 is 1.82 bits per heavy atom. The lowest BCUT2D eigenvalue weighted by Crippen LogP contribution is -2.08. The normalized spacial score (nSPS) is 11.5. The molecule has 0 aliphatic carbocycles. The fraction of sp³-hybridized carbons (Fsp3) is 0.118. The molecule has 5 heteroatoms. The molecular formula is C17H17NO3S. The van der Waals surface area contributed by atoms with Gasteiger partial charge in [0.1, 0.15) is 0 Å². The van der Waals surface area contributed by atoms with E-state index >= 15 is 0 Å². The summed E-state index contributed by atoms with van der Waals surface area (Å²) < 4.78 is 23.0. The predicted octanol–water partition coefficient (Wildman–Crippen LogP) is 3.05. The summed E-state index contributed by atoms with van der Waals surface area (Å²) in [6, 6.07) is 13.9. The number of aryl methyl sites for hydroxylation is 1. The van der Waals surface area contributed by atoms with Crippen molar-refractivity contribution < 1.29 is 13.2 Å². The van der Waals surface area contributed by atoms with Crippen molar-refractivity contribution in [2.45, 2.75) is 11.8 Å². The maximum absolute atomic E-state index is 11.9. The molecule has 0 unspecified atom stereocenters.